The smallest absolute Gasteiger partial charge is 0.0708 e. The minimum absolute atomic E-state index is 0.940. The molecule has 1 aromatic carbocycles. The van der Waals surface area contributed by atoms with E-state index in [9.17, 15) is 0 Å². The van der Waals surface area contributed by atoms with E-state index in [0.29, 0.717) is 0 Å². The summed E-state index contributed by atoms with van der Waals surface area (Å²) in [7, 11) is 2.19. The van der Waals surface area contributed by atoms with Gasteiger partial charge in [-0.25, -0.2) is 0 Å². The lowest BCUT2D eigenvalue weighted by atomic mass is 9.96. The van der Waals surface area contributed by atoms with E-state index in [2.05, 4.69) is 48.5 Å². The molecular formula is C16H21N3. The largest absolute Gasteiger partial charge is 0.313 e. The van der Waals surface area contributed by atoms with Gasteiger partial charge in [0.15, 0.2) is 0 Å². The maximum Gasteiger partial charge on any atom is 0.0708 e. The Morgan fingerprint density at radius 3 is 3.00 bits per heavy atom. The van der Waals surface area contributed by atoms with E-state index in [1.165, 1.54) is 22.2 Å². The lowest BCUT2D eigenvalue weighted by molar-refractivity contribution is 0.309. The van der Waals surface area contributed by atoms with Gasteiger partial charge in [-0.3, -0.25) is 4.98 Å². The van der Waals surface area contributed by atoms with Gasteiger partial charge in [0.05, 0.1) is 5.52 Å². The van der Waals surface area contributed by atoms with Crippen molar-refractivity contribution in [1.29, 1.82) is 0 Å². The molecule has 2 heterocycles. The van der Waals surface area contributed by atoms with Crippen LogP contribution in [0.25, 0.3) is 10.9 Å². The van der Waals surface area contributed by atoms with Crippen LogP contribution in [0, 0.1) is 0 Å². The summed E-state index contributed by atoms with van der Waals surface area (Å²) >= 11 is 0. The highest BCUT2D eigenvalue weighted by Gasteiger charge is 2.19. The fourth-order valence-corrected chi connectivity index (χ4v) is 2.87. The van der Waals surface area contributed by atoms with Crippen molar-refractivity contribution in [3.05, 3.63) is 41.1 Å². The van der Waals surface area contributed by atoms with E-state index < -0.39 is 0 Å². The van der Waals surface area contributed by atoms with Crippen molar-refractivity contribution in [2.45, 2.75) is 26.4 Å². The first-order chi connectivity index (χ1) is 9.29. The van der Waals surface area contributed by atoms with Gasteiger partial charge in [-0.05, 0) is 30.8 Å². The van der Waals surface area contributed by atoms with Crippen molar-refractivity contribution >= 4 is 10.9 Å². The maximum atomic E-state index is 4.86. The number of para-hydroxylation sites is 1. The molecule has 100 valence electrons. The van der Waals surface area contributed by atoms with E-state index in [1.807, 2.05) is 0 Å². The third-order valence-corrected chi connectivity index (χ3v) is 3.91. The molecule has 0 fully saturated rings. The third kappa shape index (κ3) is 2.36. The van der Waals surface area contributed by atoms with E-state index in [0.717, 1.165) is 38.1 Å². The van der Waals surface area contributed by atoms with Crippen LogP contribution >= 0.6 is 0 Å². The molecule has 0 unspecified atom stereocenters. The lowest BCUT2D eigenvalue weighted by Gasteiger charge is -2.27. The first kappa shape index (κ1) is 12.6. The Morgan fingerprint density at radius 1 is 1.32 bits per heavy atom. The molecule has 0 saturated heterocycles. The quantitative estimate of drug-likeness (QED) is 0.912. The van der Waals surface area contributed by atoms with Gasteiger partial charge in [-0.1, -0.05) is 25.1 Å². The van der Waals surface area contributed by atoms with Crippen LogP contribution in [-0.4, -0.2) is 30.0 Å². The zero-order valence-electron chi connectivity index (χ0n) is 11.7. The number of hydrogen-bond acceptors (Lipinski definition) is 3. The Bertz CT molecular complexity index is 592. The summed E-state index contributed by atoms with van der Waals surface area (Å²) < 4.78 is 0. The Labute approximate surface area is 114 Å². The summed E-state index contributed by atoms with van der Waals surface area (Å²) in [6.45, 7) is 6.23. The summed E-state index contributed by atoms with van der Waals surface area (Å²) in [5.41, 5.74) is 5.31. The molecule has 3 nitrogen and oxygen atoms in total. The fourth-order valence-electron chi connectivity index (χ4n) is 2.87. The van der Waals surface area contributed by atoms with Crippen molar-refractivity contribution in [2.24, 2.45) is 0 Å². The normalized spacial score (nSPS) is 15.7. The number of nitrogens with zero attached hydrogens (tertiary/aromatic N) is 2. The van der Waals surface area contributed by atoms with E-state index in [4.69, 9.17) is 4.98 Å². The van der Waals surface area contributed by atoms with Crippen LogP contribution in [0.5, 0.6) is 0 Å². The van der Waals surface area contributed by atoms with Gasteiger partial charge in [0.2, 0.25) is 0 Å². The predicted octanol–water partition coefficient (Wildman–Crippen LogP) is 2.33. The molecule has 0 bridgehead atoms. The van der Waals surface area contributed by atoms with Crippen LogP contribution in [0.1, 0.15) is 23.7 Å². The zero-order valence-corrected chi connectivity index (χ0v) is 11.7. The molecule has 0 radical (unpaired) electrons. The number of aromatic nitrogens is 1. The average Bonchev–Trinajstić information content (AvgIpc) is 2.44. The molecule has 0 spiro atoms. The monoisotopic (exact) mass is 255 g/mol. The van der Waals surface area contributed by atoms with Gasteiger partial charge < -0.3 is 10.2 Å². The molecule has 1 aliphatic heterocycles. The minimum Gasteiger partial charge on any atom is -0.313 e. The molecule has 1 N–H and O–H groups in total. The summed E-state index contributed by atoms with van der Waals surface area (Å²) in [6.07, 6.45) is 1.07. The van der Waals surface area contributed by atoms with E-state index in [-0.39, 0.29) is 0 Å². The van der Waals surface area contributed by atoms with Crippen molar-refractivity contribution in [3.63, 3.8) is 0 Å². The Balaban J connectivity index is 2.17. The Hall–Kier alpha value is -1.45. The van der Waals surface area contributed by atoms with Gasteiger partial charge in [-0.2, -0.15) is 0 Å². The molecule has 0 atom stereocenters. The van der Waals surface area contributed by atoms with Crippen molar-refractivity contribution < 1.29 is 0 Å². The predicted molar refractivity (Wildman–Crippen MR) is 79.2 cm³/mol. The molecule has 1 aromatic heterocycles. The van der Waals surface area contributed by atoms with E-state index in [1.54, 1.807) is 0 Å². The second kappa shape index (κ2) is 5.27. The highest BCUT2D eigenvalue weighted by Crippen LogP contribution is 2.27. The number of likely N-dealkylation sites (N-methyl/N-ethyl adjacent to an activating group) is 1. The van der Waals surface area contributed by atoms with Crippen LogP contribution in [0.3, 0.4) is 0 Å². The number of hydrogen-bond donors (Lipinski definition) is 1. The molecule has 1 aliphatic rings. The lowest BCUT2D eigenvalue weighted by Crippen LogP contribution is -2.29. The van der Waals surface area contributed by atoms with Gasteiger partial charge in [-0.15, -0.1) is 0 Å². The standard InChI is InChI=1S/C16H21N3/c1-3-17-10-13-12-6-4-5-7-15(12)18-16-8-9-19(2)11-14(13)16/h4-7,17H,3,8-11H2,1-2H3. The second-order valence-electron chi connectivity index (χ2n) is 5.30. The molecule has 0 aliphatic carbocycles. The highest BCUT2D eigenvalue weighted by molar-refractivity contribution is 5.83. The van der Waals surface area contributed by atoms with Crippen molar-refractivity contribution in [1.82, 2.24) is 15.2 Å². The Morgan fingerprint density at radius 2 is 2.16 bits per heavy atom. The zero-order chi connectivity index (χ0) is 13.2. The first-order valence-electron chi connectivity index (χ1n) is 7.08. The summed E-state index contributed by atoms with van der Waals surface area (Å²) in [4.78, 5) is 7.25. The third-order valence-electron chi connectivity index (χ3n) is 3.91. The van der Waals surface area contributed by atoms with Crippen LogP contribution in [0.15, 0.2) is 24.3 Å². The molecule has 0 amide bonds. The first-order valence-corrected chi connectivity index (χ1v) is 7.08. The molecule has 3 rings (SSSR count). The van der Waals surface area contributed by atoms with Crippen molar-refractivity contribution in [3.8, 4) is 0 Å². The summed E-state index contributed by atoms with van der Waals surface area (Å²) in [6, 6.07) is 8.51. The van der Waals surface area contributed by atoms with Gasteiger partial charge >= 0.3 is 0 Å². The minimum atomic E-state index is 0.940. The molecule has 2 aromatic rings. The van der Waals surface area contributed by atoms with E-state index >= 15 is 0 Å². The molecule has 3 heteroatoms. The van der Waals surface area contributed by atoms with Crippen molar-refractivity contribution in [2.75, 3.05) is 20.1 Å². The topological polar surface area (TPSA) is 28.2 Å². The van der Waals surface area contributed by atoms with Crippen LogP contribution in [0.2, 0.25) is 0 Å². The average molecular weight is 255 g/mol. The van der Waals surface area contributed by atoms with Crippen LogP contribution in [0.4, 0.5) is 0 Å². The maximum absolute atomic E-state index is 4.86. The molecule has 19 heavy (non-hydrogen) atoms. The van der Waals surface area contributed by atoms with Crippen LogP contribution < -0.4 is 5.32 Å². The number of pyridine rings is 1. The van der Waals surface area contributed by atoms with Gasteiger partial charge in [0.1, 0.15) is 0 Å². The number of rotatable bonds is 3. The highest BCUT2D eigenvalue weighted by atomic mass is 15.1. The summed E-state index contributed by atoms with van der Waals surface area (Å²) in [5.74, 6) is 0. The van der Waals surface area contributed by atoms with Gasteiger partial charge in [0, 0.05) is 37.1 Å². The Kier molecular flexibility index (Phi) is 3.49. The summed E-state index contributed by atoms with van der Waals surface area (Å²) in [5, 5.41) is 4.78. The van der Waals surface area contributed by atoms with Crippen LogP contribution in [-0.2, 0) is 19.5 Å². The SMILES string of the molecule is CCNCc1c2c(nc3ccccc13)CCN(C)C2. The molecular weight excluding hydrogens is 234 g/mol. The molecule has 0 saturated carbocycles. The number of nitrogens with one attached hydrogen (secondary N) is 1. The number of benzene rings is 1. The fraction of sp³-hybridized carbons (Fsp3) is 0.438. The second-order valence-corrected chi connectivity index (χ2v) is 5.30. The van der Waals surface area contributed by atoms with Gasteiger partial charge in [0.25, 0.3) is 0 Å². The number of fused-ring (bicyclic) bond motifs is 2.